The Hall–Kier alpha value is -1.00. The number of nitrogens with zero attached hydrogens (tertiary/aromatic N) is 2. The number of aromatic nitrogens is 2. The molecule has 1 rings (SSSR count). The van der Waals surface area contributed by atoms with E-state index in [-0.39, 0.29) is 5.54 Å². The van der Waals surface area contributed by atoms with Crippen LogP contribution in [0.1, 0.15) is 32.2 Å². The largest absolute Gasteiger partial charge is 0.329 e. The maximum Gasteiger partial charge on any atom is 0.0724 e. The summed E-state index contributed by atoms with van der Waals surface area (Å²) in [7, 11) is 0. The van der Waals surface area contributed by atoms with Gasteiger partial charge in [-0.25, -0.2) is 0 Å². The summed E-state index contributed by atoms with van der Waals surface area (Å²) in [6, 6.07) is 0. The molecule has 0 aromatic carbocycles. The fourth-order valence-electron chi connectivity index (χ4n) is 1.32. The van der Waals surface area contributed by atoms with Crippen LogP contribution in [-0.2, 0) is 6.54 Å². The molecule has 16 heavy (non-hydrogen) atoms. The summed E-state index contributed by atoms with van der Waals surface area (Å²) in [6.45, 7) is 9.73. The average Bonchev–Trinajstić information content (AvgIpc) is 2.27. The fourth-order valence-corrected chi connectivity index (χ4v) is 1.32. The summed E-state index contributed by atoms with van der Waals surface area (Å²) in [5.74, 6) is 0.482. The highest BCUT2D eigenvalue weighted by atomic mass is 15.0. The van der Waals surface area contributed by atoms with Gasteiger partial charge in [0, 0.05) is 31.0 Å². The second kappa shape index (κ2) is 5.37. The van der Waals surface area contributed by atoms with E-state index < -0.39 is 0 Å². The molecule has 0 saturated carbocycles. The molecule has 1 unspecified atom stereocenters. The number of hydrogen-bond acceptors (Lipinski definition) is 4. The van der Waals surface area contributed by atoms with Crippen molar-refractivity contribution in [2.75, 3.05) is 6.54 Å². The van der Waals surface area contributed by atoms with Gasteiger partial charge in [0.05, 0.1) is 11.4 Å². The van der Waals surface area contributed by atoms with Gasteiger partial charge < -0.3 is 11.1 Å². The molecule has 4 nitrogen and oxygen atoms in total. The molecule has 0 fully saturated rings. The van der Waals surface area contributed by atoms with Crippen molar-refractivity contribution in [3.05, 3.63) is 23.8 Å². The molecule has 90 valence electrons. The van der Waals surface area contributed by atoms with Gasteiger partial charge in [0.2, 0.25) is 0 Å². The first-order chi connectivity index (χ1) is 7.48. The predicted octanol–water partition coefficient (Wildman–Crippen LogP) is 1.25. The Morgan fingerprint density at radius 1 is 1.38 bits per heavy atom. The van der Waals surface area contributed by atoms with Crippen LogP contribution in [-0.4, -0.2) is 22.1 Å². The van der Waals surface area contributed by atoms with Gasteiger partial charge in [-0.2, -0.15) is 0 Å². The fraction of sp³-hybridized carbons (Fsp3) is 0.667. The van der Waals surface area contributed by atoms with Crippen LogP contribution in [0.2, 0.25) is 0 Å². The Balaban J connectivity index is 2.59. The first kappa shape index (κ1) is 13.1. The second-order valence-corrected chi connectivity index (χ2v) is 4.78. The Labute approximate surface area is 97.7 Å². The van der Waals surface area contributed by atoms with Crippen LogP contribution in [0.3, 0.4) is 0 Å². The van der Waals surface area contributed by atoms with Crippen LogP contribution in [0.15, 0.2) is 12.4 Å². The highest BCUT2D eigenvalue weighted by Gasteiger charge is 2.25. The zero-order valence-corrected chi connectivity index (χ0v) is 10.6. The lowest BCUT2D eigenvalue weighted by molar-refractivity contribution is 0.266. The van der Waals surface area contributed by atoms with Gasteiger partial charge in [0.1, 0.15) is 0 Å². The average molecular weight is 222 g/mol. The van der Waals surface area contributed by atoms with Gasteiger partial charge in [0.15, 0.2) is 0 Å². The van der Waals surface area contributed by atoms with Crippen molar-refractivity contribution in [1.82, 2.24) is 15.3 Å². The smallest absolute Gasteiger partial charge is 0.0724 e. The summed E-state index contributed by atoms with van der Waals surface area (Å²) < 4.78 is 0. The molecule has 0 amide bonds. The molecule has 1 heterocycles. The number of nitrogens with two attached hydrogens (primary N) is 1. The summed E-state index contributed by atoms with van der Waals surface area (Å²) in [5.41, 5.74) is 7.64. The number of aryl methyl sites for hydroxylation is 1. The molecule has 1 atom stereocenters. The van der Waals surface area contributed by atoms with E-state index in [1.54, 1.807) is 12.4 Å². The zero-order chi connectivity index (χ0) is 12.2. The van der Waals surface area contributed by atoms with Gasteiger partial charge in [0.25, 0.3) is 0 Å². The molecule has 0 aliphatic heterocycles. The standard InChI is InChI=1S/C12H22N4/c1-9(2)12(4,8-13)16-7-11-6-14-10(3)5-15-11/h5-6,9,16H,7-8,13H2,1-4H3. The van der Waals surface area contributed by atoms with E-state index in [4.69, 9.17) is 5.73 Å². The molecule has 0 aliphatic rings. The molecule has 0 saturated heterocycles. The molecule has 3 N–H and O–H groups in total. The van der Waals surface area contributed by atoms with Crippen molar-refractivity contribution in [3.8, 4) is 0 Å². The van der Waals surface area contributed by atoms with Crippen LogP contribution < -0.4 is 11.1 Å². The third kappa shape index (κ3) is 3.25. The van der Waals surface area contributed by atoms with E-state index in [9.17, 15) is 0 Å². The van der Waals surface area contributed by atoms with E-state index in [2.05, 4.69) is 36.1 Å². The lowest BCUT2D eigenvalue weighted by Gasteiger charge is -2.33. The van der Waals surface area contributed by atoms with Gasteiger partial charge >= 0.3 is 0 Å². The Bertz CT molecular complexity index is 320. The first-order valence-corrected chi connectivity index (χ1v) is 5.70. The quantitative estimate of drug-likeness (QED) is 0.787. The summed E-state index contributed by atoms with van der Waals surface area (Å²) in [5, 5.41) is 3.45. The monoisotopic (exact) mass is 222 g/mol. The maximum absolute atomic E-state index is 5.80. The zero-order valence-electron chi connectivity index (χ0n) is 10.6. The third-order valence-corrected chi connectivity index (χ3v) is 3.21. The van der Waals surface area contributed by atoms with Gasteiger partial charge in [-0.3, -0.25) is 9.97 Å². The number of hydrogen-bond donors (Lipinski definition) is 2. The lowest BCUT2D eigenvalue weighted by atomic mass is 9.88. The van der Waals surface area contributed by atoms with E-state index >= 15 is 0 Å². The summed E-state index contributed by atoms with van der Waals surface area (Å²) in [4.78, 5) is 8.53. The van der Waals surface area contributed by atoms with Crippen LogP contribution in [0.5, 0.6) is 0 Å². The highest BCUT2D eigenvalue weighted by Crippen LogP contribution is 2.15. The van der Waals surface area contributed by atoms with E-state index in [0.717, 1.165) is 11.4 Å². The van der Waals surface area contributed by atoms with Gasteiger partial charge in [-0.05, 0) is 19.8 Å². The minimum atomic E-state index is -0.0490. The third-order valence-electron chi connectivity index (χ3n) is 3.21. The summed E-state index contributed by atoms with van der Waals surface area (Å²) >= 11 is 0. The number of nitrogens with one attached hydrogen (secondary N) is 1. The van der Waals surface area contributed by atoms with Crippen LogP contribution >= 0.6 is 0 Å². The topological polar surface area (TPSA) is 63.8 Å². The normalized spacial score (nSPS) is 15.1. The molecule has 1 aromatic rings. The minimum Gasteiger partial charge on any atom is -0.329 e. The van der Waals surface area contributed by atoms with Gasteiger partial charge in [-0.15, -0.1) is 0 Å². The maximum atomic E-state index is 5.80. The van der Waals surface area contributed by atoms with Crippen molar-refractivity contribution in [2.45, 2.75) is 39.8 Å². The van der Waals surface area contributed by atoms with Crippen LogP contribution in [0.4, 0.5) is 0 Å². The Morgan fingerprint density at radius 2 is 2.06 bits per heavy atom. The van der Waals surface area contributed by atoms with Crippen LogP contribution in [0, 0.1) is 12.8 Å². The highest BCUT2D eigenvalue weighted by molar-refractivity contribution is 5.01. The lowest BCUT2D eigenvalue weighted by Crippen LogP contribution is -2.52. The van der Waals surface area contributed by atoms with E-state index in [1.807, 2.05) is 6.92 Å². The molecule has 0 spiro atoms. The number of rotatable bonds is 5. The van der Waals surface area contributed by atoms with Crippen molar-refractivity contribution in [1.29, 1.82) is 0 Å². The minimum absolute atomic E-state index is 0.0490. The second-order valence-electron chi connectivity index (χ2n) is 4.78. The first-order valence-electron chi connectivity index (χ1n) is 5.70. The van der Waals surface area contributed by atoms with Crippen LogP contribution in [0.25, 0.3) is 0 Å². The van der Waals surface area contributed by atoms with Crippen molar-refractivity contribution < 1.29 is 0 Å². The van der Waals surface area contributed by atoms with Crippen molar-refractivity contribution in [3.63, 3.8) is 0 Å². The Morgan fingerprint density at radius 3 is 2.50 bits per heavy atom. The van der Waals surface area contributed by atoms with Crippen molar-refractivity contribution in [2.24, 2.45) is 11.7 Å². The summed E-state index contributed by atoms with van der Waals surface area (Å²) in [6.07, 6.45) is 3.59. The van der Waals surface area contributed by atoms with E-state index in [1.165, 1.54) is 0 Å². The van der Waals surface area contributed by atoms with E-state index in [0.29, 0.717) is 19.0 Å². The van der Waals surface area contributed by atoms with Crippen molar-refractivity contribution >= 4 is 0 Å². The van der Waals surface area contributed by atoms with Gasteiger partial charge in [-0.1, -0.05) is 13.8 Å². The SMILES string of the molecule is Cc1cnc(CNC(C)(CN)C(C)C)cn1. The molecule has 0 bridgehead atoms. The molecule has 0 radical (unpaired) electrons. The predicted molar refractivity (Wildman–Crippen MR) is 65.9 cm³/mol. The molecular weight excluding hydrogens is 200 g/mol. The molecule has 4 heteroatoms. The molecule has 1 aromatic heterocycles. The molecular formula is C12H22N4. The molecule has 0 aliphatic carbocycles. The Kier molecular flexibility index (Phi) is 4.38.